The highest BCUT2D eigenvalue weighted by molar-refractivity contribution is 7.98. The van der Waals surface area contributed by atoms with Crippen LogP contribution in [0.5, 0.6) is 0 Å². The summed E-state index contributed by atoms with van der Waals surface area (Å²) in [6, 6.07) is 8.42. The van der Waals surface area contributed by atoms with Gasteiger partial charge in [-0.3, -0.25) is 4.98 Å². The molecule has 2 heterocycles. The molecule has 112 valence electrons. The molecule has 0 spiro atoms. The number of ether oxygens (including phenoxy) is 1. The molecule has 2 aromatic rings. The van der Waals surface area contributed by atoms with E-state index < -0.39 is 0 Å². The molecule has 21 heavy (non-hydrogen) atoms. The Kier molecular flexibility index (Phi) is 4.66. The molecule has 0 saturated heterocycles. The van der Waals surface area contributed by atoms with Crippen molar-refractivity contribution in [1.82, 2.24) is 4.98 Å². The summed E-state index contributed by atoms with van der Waals surface area (Å²) in [6.45, 7) is 5.91. The van der Waals surface area contributed by atoms with E-state index in [-0.39, 0.29) is 0 Å². The summed E-state index contributed by atoms with van der Waals surface area (Å²) in [7, 11) is 0. The smallest absolute Gasteiger partial charge is 0.0726 e. The lowest BCUT2D eigenvalue weighted by Gasteiger charge is -2.14. The van der Waals surface area contributed by atoms with Crippen molar-refractivity contribution in [3.63, 3.8) is 0 Å². The number of para-hydroxylation sites is 1. The minimum Gasteiger partial charge on any atom is -0.384 e. The summed E-state index contributed by atoms with van der Waals surface area (Å²) in [6.07, 6.45) is 1.34. The Morgan fingerprint density at radius 2 is 2.14 bits per heavy atom. The lowest BCUT2D eigenvalue weighted by Crippen LogP contribution is -2.11. The molecule has 0 fully saturated rings. The molecular formula is C17H22N2OS. The molecule has 1 aromatic carbocycles. The van der Waals surface area contributed by atoms with Gasteiger partial charge in [0.05, 0.1) is 17.3 Å². The number of rotatable bonds is 6. The molecule has 0 unspecified atom stereocenters. The third kappa shape index (κ3) is 3.33. The van der Waals surface area contributed by atoms with Crippen molar-refractivity contribution < 1.29 is 4.74 Å². The number of benzene rings is 1. The number of aromatic nitrogens is 1. The molecule has 0 aliphatic carbocycles. The highest BCUT2D eigenvalue weighted by Gasteiger charge is 2.19. The van der Waals surface area contributed by atoms with Crippen molar-refractivity contribution in [3.05, 3.63) is 35.5 Å². The number of fused-ring (bicyclic) bond motifs is 2. The molecule has 3 rings (SSSR count). The predicted molar refractivity (Wildman–Crippen MR) is 90.9 cm³/mol. The van der Waals surface area contributed by atoms with E-state index in [1.165, 1.54) is 22.3 Å². The molecular weight excluding hydrogens is 280 g/mol. The van der Waals surface area contributed by atoms with E-state index in [2.05, 4.69) is 43.4 Å². The van der Waals surface area contributed by atoms with Crippen LogP contribution in [0.1, 0.15) is 31.5 Å². The van der Waals surface area contributed by atoms with Crippen LogP contribution in [0, 0.1) is 0 Å². The zero-order valence-electron chi connectivity index (χ0n) is 12.7. The first-order valence-corrected chi connectivity index (χ1v) is 8.75. The number of pyridine rings is 1. The second-order valence-corrected chi connectivity index (χ2v) is 6.61. The molecule has 0 amide bonds. The topological polar surface area (TPSA) is 34.1 Å². The summed E-state index contributed by atoms with van der Waals surface area (Å²) in [5.74, 6) is 2.10. The van der Waals surface area contributed by atoms with Gasteiger partial charge in [0.15, 0.2) is 0 Å². The molecule has 3 nitrogen and oxygen atoms in total. The summed E-state index contributed by atoms with van der Waals surface area (Å²) < 4.78 is 5.60. The molecule has 4 heteroatoms. The van der Waals surface area contributed by atoms with E-state index in [0.717, 1.165) is 36.6 Å². The zero-order chi connectivity index (χ0) is 14.7. The van der Waals surface area contributed by atoms with E-state index in [9.17, 15) is 0 Å². The standard InChI is InChI=1S/C17H22N2OS/c1-12(2)20-9-5-8-18-17-13-6-3-4-7-15(13)19-16-11-21-10-14(16)17/h3-4,6-7,12H,5,8-11H2,1-2H3,(H,18,19). The van der Waals surface area contributed by atoms with Crippen molar-refractivity contribution in [2.24, 2.45) is 0 Å². The Balaban J connectivity index is 1.77. The Bertz CT molecular complexity index is 627. The number of nitrogens with one attached hydrogen (secondary N) is 1. The average Bonchev–Trinajstić information content (AvgIpc) is 2.93. The number of hydrogen-bond acceptors (Lipinski definition) is 4. The van der Waals surface area contributed by atoms with Crippen molar-refractivity contribution in [2.75, 3.05) is 18.5 Å². The lowest BCUT2D eigenvalue weighted by molar-refractivity contribution is 0.0787. The van der Waals surface area contributed by atoms with Gasteiger partial charge in [0.1, 0.15) is 0 Å². The van der Waals surface area contributed by atoms with E-state index in [1.54, 1.807) is 0 Å². The molecule has 1 aliphatic rings. The molecule has 1 aliphatic heterocycles. The van der Waals surface area contributed by atoms with Crippen molar-refractivity contribution >= 4 is 28.4 Å². The van der Waals surface area contributed by atoms with Crippen molar-refractivity contribution in [3.8, 4) is 0 Å². The van der Waals surface area contributed by atoms with Crippen LogP contribution in [0.3, 0.4) is 0 Å². The number of anilines is 1. The van der Waals surface area contributed by atoms with Crippen LogP contribution in [-0.2, 0) is 16.2 Å². The second kappa shape index (κ2) is 6.67. The number of nitrogens with zero attached hydrogens (tertiary/aromatic N) is 1. The summed E-state index contributed by atoms with van der Waals surface area (Å²) in [5.41, 5.74) is 5.02. The largest absolute Gasteiger partial charge is 0.384 e. The summed E-state index contributed by atoms with van der Waals surface area (Å²) in [5, 5.41) is 4.87. The Hall–Kier alpha value is -1.26. The Morgan fingerprint density at radius 3 is 3.00 bits per heavy atom. The molecule has 1 N–H and O–H groups in total. The van der Waals surface area contributed by atoms with Gasteiger partial charge in [-0.2, -0.15) is 11.8 Å². The van der Waals surface area contributed by atoms with Crippen molar-refractivity contribution in [2.45, 2.75) is 37.9 Å². The molecule has 0 radical (unpaired) electrons. The summed E-state index contributed by atoms with van der Waals surface area (Å²) in [4.78, 5) is 4.80. The van der Waals surface area contributed by atoms with Crippen LogP contribution >= 0.6 is 11.8 Å². The minimum absolute atomic E-state index is 0.312. The van der Waals surface area contributed by atoms with Crippen LogP contribution in [0.15, 0.2) is 24.3 Å². The van der Waals surface area contributed by atoms with E-state index in [0.29, 0.717) is 6.10 Å². The second-order valence-electron chi connectivity index (χ2n) is 5.62. The normalized spacial score (nSPS) is 13.9. The first-order valence-electron chi connectivity index (χ1n) is 7.59. The molecule has 0 bridgehead atoms. The molecule has 0 saturated carbocycles. The van der Waals surface area contributed by atoms with Gasteiger partial charge < -0.3 is 10.1 Å². The zero-order valence-corrected chi connectivity index (χ0v) is 13.5. The van der Waals surface area contributed by atoms with Crippen LogP contribution < -0.4 is 5.32 Å². The van der Waals surface area contributed by atoms with Gasteiger partial charge >= 0.3 is 0 Å². The van der Waals surface area contributed by atoms with Gasteiger partial charge in [-0.25, -0.2) is 0 Å². The van der Waals surface area contributed by atoms with Crippen LogP contribution in [-0.4, -0.2) is 24.2 Å². The fraction of sp³-hybridized carbons (Fsp3) is 0.471. The lowest BCUT2D eigenvalue weighted by atomic mass is 10.1. The van der Waals surface area contributed by atoms with Gasteiger partial charge in [-0.05, 0) is 26.3 Å². The van der Waals surface area contributed by atoms with Crippen LogP contribution in [0.2, 0.25) is 0 Å². The maximum atomic E-state index is 5.60. The fourth-order valence-electron chi connectivity index (χ4n) is 2.63. The third-order valence-corrected chi connectivity index (χ3v) is 4.61. The monoisotopic (exact) mass is 302 g/mol. The highest BCUT2D eigenvalue weighted by Crippen LogP contribution is 2.37. The molecule has 1 aromatic heterocycles. The van der Waals surface area contributed by atoms with Crippen LogP contribution in [0.4, 0.5) is 5.69 Å². The first-order chi connectivity index (χ1) is 10.3. The maximum absolute atomic E-state index is 5.60. The molecule has 0 atom stereocenters. The van der Waals surface area contributed by atoms with Crippen LogP contribution in [0.25, 0.3) is 10.9 Å². The minimum atomic E-state index is 0.312. The van der Waals surface area contributed by atoms with E-state index in [1.807, 2.05) is 11.8 Å². The fourth-order valence-corrected chi connectivity index (χ4v) is 3.68. The maximum Gasteiger partial charge on any atom is 0.0726 e. The van der Waals surface area contributed by atoms with Crippen molar-refractivity contribution in [1.29, 1.82) is 0 Å². The van der Waals surface area contributed by atoms with Gasteiger partial charge in [-0.15, -0.1) is 0 Å². The quantitative estimate of drug-likeness (QED) is 0.811. The SMILES string of the molecule is CC(C)OCCCNc1c2c(nc3ccccc13)CSC2. The Labute approximate surface area is 130 Å². The highest BCUT2D eigenvalue weighted by atomic mass is 32.2. The van der Waals surface area contributed by atoms with Gasteiger partial charge in [0.2, 0.25) is 0 Å². The first kappa shape index (κ1) is 14.7. The summed E-state index contributed by atoms with van der Waals surface area (Å²) >= 11 is 1.95. The van der Waals surface area contributed by atoms with Gasteiger partial charge in [-0.1, -0.05) is 18.2 Å². The van der Waals surface area contributed by atoms with Gasteiger partial charge in [0.25, 0.3) is 0 Å². The van der Waals surface area contributed by atoms with Gasteiger partial charge in [0, 0.05) is 41.3 Å². The number of thioether (sulfide) groups is 1. The average molecular weight is 302 g/mol. The third-order valence-electron chi connectivity index (χ3n) is 3.64. The predicted octanol–water partition coefficient (Wildman–Crippen LogP) is 4.21. The number of hydrogen-bond donors (Lipinski definition) is 1. The van der Waals surface area contributed by atoms with E-state index >= 15 is 0 Å². The Morgan fingerprint density at radius 1 is 1.29 bits per heavy atom. The van der Waals surface area contributed by atoms with E-state index in [4.69, 9.17) is 9.72 Å².